The molecule has 0 saturated carbocycles. The van der Waals surface area contributed by atoms with Crippen LogP contribution in [0.5, 0.6) is 0 Å². The highest BCUT2D eigenvalue weighted by Gasteiger charge is 2.15. The number of anilines is 1. The van der Waals surface area contributed by atoms with Gasteiger partial charge in [0.05, 0.1) is 10.4 Å². The van der Waals surface area contributed by atoms with Crippen LogP contribution in [-0.4, -0.2) is 20.7 Å². The Hall–Kier alpha value is -2.28. The van der Waals surface area contributed by atoms with Crippen LogP contribution in [0.3, 0.4) is 0 Å². The third-order valence-corrected chi connectivity index (χ3v) is 3.96. The standard InChI is InChI=1S/C14H13FN4OS/c1-3-12(20)16-11-7-8(2)18-19(11)14-17-13-9(15)5-4-6-10(13)21-14/h4-7H,3H2,1-2H3,(H,16,20). The van der Waals surface area contributed by atoms with E-state index in [2.05, 4.69) is 15.4 Å². The number of rotatable bonds is 3. The van der Waals surface area contributed by atoms with Crippen molar-refractivity contribution in [3.8, 4) is 5.13 Å². The van der Waals surface area contributed by atoms with Crippen molar-refractivity contribution in [2.24, 2.45) is 0 Å². The summed E-state index contributed by atoms with van der Waals surface area (Å²) in [7, 11) is 0. The van der Waals surface area contributed by atoms with Crippen LogP contribution in [0.25, 0.3) is 15.3 Å². The Morgan fingerprint density at radius 2 is 2.29 bits per heavy atom. The number of aryl methyl sites for hydroxylation is 1. The maximum Gasteiger partial charge on any atom is 0.225 e. The minimum absolute atomic E-state index is 0.108. The number of halogens is 1. The van der Waals surface area contributed by atoms with Crippen molar-refractivity contribution in [2.75, 3.05) is 5.32 Å². The predicted octanol–water partition coefficient (Wildman–Crippen LogP) is 3.28. The van der Waals surface area contributed by atoms with Gasteiger partial charge in [-0.3, -0.25) is 4.79 Å². The maximum atomic E-state index is 13.7. The zero-order valence-corrected chi connectivity index (χ0v) is 12.4. The van der Waals surface area contributed by atoms with E-state index in [1.165, 1.54) is 22.1 Å². The Morgan fingerprint density at radius 3 is 3.00 bits per heavy atom. The van der Waals surface area contributed by atoms with Gasteiger partial charge in [0.25, 0.3) is 0 Å². The molecule has 0 fully saturated rings. The largest absolute Gasteiger partial charge is 0.311 e. The van der Waals surface area contributed by atoms with E-state index in [4.69, 9.17) is 0 Å². The lowest BCUT2D eigenvalue weighted by Gasteiger charge is -2.04. The van der Waals surface area contributed by atoms with Gasteiger partial charge in [-0.25, -0.2) is 9.37 Å². The Kier molecular flexibility index (Phi) is 3.42. The number of benzene rings is 1. The van der Waals surface area contributed by atoms with E-state index in [1.54, 1.807) is 25.1 Å². The molecule has 3 aromatic rings. The predicted molar refractivity (Wildman–Crippen MR) is 80.4 cm³/mol. The fourth-order valence-electron chi connectivity index (χ4n) is 1.96. The number of amides is 1. The van der Waals surface area contributed by atoms with Gasteiger partial charge in [-0.1, -0.05) is 24.3 Å². The van der Waals surface area contributed by atoms with Crippen molar-refractivity contribution >= 4 is 33.3 Å². The average Bonchev–Trinajstić information content (AvgIpc) is 3.03. The first-order valence-electron chi connectivity index (χ1n) is 6.50. The van der Waals surface area contributed by atoms with E-state index in [1.807, 2.05) is 6.92 Å². The summed E-state index contributed by atoms with van der Waals surface area (Å²) >= 11 is 1.32. The van der Waals surface area contributed by atoms with Crippen LogP contribution in [0.4, 0.5) is 10.2 Å². The third-order valence-electron chi connectivity index (χ3n) is 2.96. The Morgan fingerprint density at radius 1 is 1.48 bits per heavy atom. The molecule has 0 spiro atoms. The molecule has 0 bridgehead atoms. The molecule has 0 unspecified atom stereocenters. The van der Waals surface area contributed by atoms with Crippen molar-refractivity contribution in [3.05, 3.63) is 35.8 Å². The molecule has 1 N–H and O–H groups in total. The fourth-order valence-corrected chi connectivity index (χ4v) is 2.91. The van der Waals surface area contributed by atoms with Crippen molar-refractivity contribution in [1.29, 1.82) is 0 Å². The van der Waals surface area contributed by atoms with Crippen LogP contribution in [0.2, 0.25) is 0 Å². The summed E-state index contributed by atoms with van der Waals surface area (Å²) in [6, 6.07) is 6.59. The Labute approximate surface area is 124 Å². The molecule has 0 aliphatic carbocycles. The second kappa shape index (κ2) is 5.25. The zero-order valence-electron chi connectivity index (χ0n) is 11.6. The normalized spacial score (nSPS) is 11.0. The maximum absolute atomic E-state index is 13.7. The van der Waals surface area contributed by atoms with Gasteiger partial charge in [0.2, 0.25) is 11.0 Å². The molecule has 108 valence electrons. The third kappa shape index (κ3) is 2.52. The molecule has 3 rings (SSSR count). The number of nitrogens with one attached hydrogen (secondary N) is 1. The molecule has 0 atom stereocenters. The topological polar surface area (TPSA) is 59.8 Å². The van der Waals surface area contributed by atoms with Gasteiger partial charge in [-0.15, -0.1) is 0 Å². The average molecular weight is 304 g/mol. The summed E-state index contributed by atoms with van der Waals surface area (Å²) in [6.45, 7) is 3.60. The SMILES string of the molecule is CCC(=O)Nc1cc(C)nn1-c1nc2c(F)cccc2s1. The van der Waals surface area contributed by atoms with Gasteiger partial charge in [-0.05, 0) is 19.1 Å². The van der Waals surface area contributed by atoms with Gasteiger partial charge in [-0.2, -0.15) is 9.78 Å². The monoisotopic (exact) mass is 304 g/mol. The molecule has 1 aromatic carbocycles. The highest BCUT2D eigenvalue weighted by Crippen LogP contribution is 2.28. The number of aromatic nitrogens is 3. The number of carbonyl (C=O) groups excluding carboxylic acids is 1. The molecule has 5 nitrogen and oxygen atoms in total. The van der Waals surface area contributed by atoms with E-state index >= 15 is 0 Å². The number of hydrogen-bond donors (Lipinski definition) is 1. The lowest BCUT2D eigenvalue weighted by Crippen LogP contribution is -2.13. The summed E-state index contributed by atoms with van der Waals surface area (Å²) in [6.07, 6.45) is 0.374. The summed E-state index contributed by atoms with van der Waals surface area (Å²) < 4.78 is 16.0. The molecule has 1 amide bonds. The van der Waals surface area contributed by atoms with E-state index in [9.17, 15) is 9.18 Å². The molecule has 2 aromatic heterocycles. The van der Waals surface area contributed by atoms with Crippen molar-refractivity contribution in [1.82, 2.24) is 14.8 Å². The summed E-state index contributed by atoms with van der Waals surface area (Å²) in [4.78, 5) is 15.9. The molecule has 21 heavy (non-hydrogen) atoms. The first-order chi connectivity index (χ1) is 10.1. The molecule has 0 aliphatic rings. The number of hydrogen-bond acceptors (Lipinski definition) is 4. The number of nitrogens with zero attached hydrogens (tertiary/aromatic N) is 3. The van der Waals surface area contributed by atoms with E-state index in [0.717, 1.165) is 10.4 Å². The Balaban J connectivity index is 2.09. The number of para-hydroxylation sites is 1. The van der Waals surface area contributed by atoms with Crippen molar-refractivity contribution in [3.63, 3.8) is 0 Å². The van der Waals surface area contributed by atoms with Gasteiger partial charge in [0.1, 0.15) is 17.2 Å². The van der Waals surface area contributed by atoms with Crippen LogP contribution in [0.1, 0.15) is 19.0 Å². The first-order valence-corrected chi connectivity index (χ1v) is 7.32. The van der Waals surface area contributed by atoms with Gasteiger partial charge in [0, 0.05) is 12.5 Å². The number of thiazole rings is 1. The van der Waals surface area contributed by atoms with Crippen LogP contribution in [0, 0.1) is 12.7 Å². The lowest BCUT2D eigenvalue weighted by atomic mass is 10.3. The smallest absolute Gasteiger partial charge is 0.225 e. The molecule has 7 heteroatoms. The van der Waals surface area contributed by atoms with Crippen LogP contribution in [0.15, 0.2) is 24.3 Å². The van der Waals surface area contributed by atoms with E-state index < -0.39 is 0 Å². The molecular weight excluding hydrogens is 291 g/mol. The van der Waals surface area contributed by atoms with Crippen molar-refractivity contribution < 1.29 is 9.18 Å². The number of fused-ring (bicyclic) bond motifs is 1. The van der Waals surface area contributed by atoms with E-state index in [0.29, 0.717) is 22.9 Å². The summed E-state index contributed by atoms with van der Waals surface area (Å²) in [5.41, 5.74) is 1.07. The second-order valence-electron chi connectivity index (χ2n) is 4.57. The highest BCUT2D eigenvalue weighted by atomic mass is 32.1. The molecule has 2 heterocycles. The van der Waals surface area contributed by atoms with Crippen molar-refractivity contribution in [2.45, 2.75) is 20.3 Å². The second-order valence-corrected chi connectivity index (χ2v) is 5.58. The van der Waals surface area contributed by atoms with E-state index in [-0.39, 0.29) is 11.7 Å². The first kappa shape index (κ1) is 13.7. The zero-order chi connectivity index (χ0) is 15.0. The molecular formula is C14H13FN4OS. The van der Waals surface area contributed by atoms with Gasteiger partial charge < -0.3 is 5.32 Å². The lowest BCUT2D eigenvalue weighted by molar-refractivity contribution is -0.115. The Bertz CT molecular complexity index is 824. The van der Waals surface area contributed by atoms with Gasteiger partial charge >= 0.3 is 0 Å². The van der Waals surface area contributed by atoms with Gasteiger partial charge in [0.15, 0.2) is 0 Å². The van der Waals surface area contributed by atoms with Crippen LogP contribution in [-0.2, 0) is 4.79 Å². The molecule has 0 saturated heterocycles. The van der Waals surface area contributed by atoms with Crippen LogP contribution >= 0.6 is 11.3 Å². The highest BCUT2D eigenvalue weighted by molar-refractivity contribution is 7.20. The minimum Gasteiger partial charge on any atom is -0.311 e. The quantitative estimate of drug-likeness (QED) is 0.808. The molecule has 0 radical (unpaired) electrons. The summed E-state index contributed by atoms with van der Waals surface area (Å²) in [5.74, 6) is 0.0697. The fraction of sp³-hybridized carbons (Fsp3) is 0.214. The molecule has 0 aliphatic heterocycles. The summed E-state index contributed by atoms with van der Waals surface area (Å²) in [5, 5.41) is 7.62. The number of carbonyl (C=O) groups is 1. The minimum atomic E-state index is -0.363. The van der Waals surface area contributed by atoms with Crippen LogP contribution < -0.4 is 5.32 Å².